The highest BCUT2D eigenvalue weighted by Gasteiger charge is 2.45. The Morgan fingerprint density at radius 2 is 1.62 bits per heavy atom. The van der Waals surface area contributed by atoms with E-state index < -0.39 is 21.2 Å². The molecule has 0 bridgehead atoms. The van der Waals surface area contributed by atoms with Gasteiger partial charge in [-0.05, 0) is 23.8 Å². The lowest BCUT2D eigenvalue weighted by molar-refractivity contribution is -0.135. The van der Waals surface area contributed by atoms with Gasteiger partial charge in [-0.25, -0.2) is 13.2 Å². The molecule has 0 saturated carbocycles. The molecule has 5 heteroatoms. The van der Waals surface area contributed by atoms with Crippen molar-refractivity contribution >= 4 is 21.9 Å². The van der Waals surface area contributed by atoms with Crippen molar-refractivity contribution in [1.82, 2.24) is 0 Å². The third kappa shape index (κ3) is 3.26. The maximum Gasteiger partial charge on any atom is 0.334 e. The Hall–Kier alpha value is -2.40. The average Bonchev–Trinajstić information content (AvgIpc) is 2.84. The molecular formula is C19H18O4S. The maximum atomic E-state index is 12.7. The number of rotatable bonds is 4. The van der Waals surface area contributed by atoms with Crippen molar-refractivity contribution in [2.75, 3.05) is 12.4 Å². The molecule has 1 heterocycles. The van der Waals surface area contributed by atoms with E-state index in [-0.39, 0.29) is 17.3 Å². The lowest BCUT2D eigenvalue weighted by Gasteiger charge is -2.22. The van der Waals surface area contributed by atoms with Gasteiger partial charge in [0.2, 0.25) is 0 Å². The van der Waals surface area contributed by atoms with Gasteiger partial charge in [-0.2, -0.15) is 0 Å². The summed E-state index contributed by atoms with van der Waals surface area (Å²) in [6.45, 7) is 1.82. The number of benzene rings is 2. The van der Waals surface area contributed by atoms with E-state index >= 15 is 0 Å². The number of ether oxygens (including phenoxy) is 1. The zero-order chi connectivity index (χ0) is 17.2. The van der Waals surface area contributed by atoms with Gasteiger partial charge < -0.3 is 4.74 Å². The van der Waals surface area contributed by atoms with Crippen molar-refractivity contribution in [2.45, 2.75) is 11.8 Å². The van der Waals surface area contributed by atoms with E-state index in [1.807, 2.05) is 30.3 Å². The molecule has 0 N–H and O–H groups in total. The highest BCUT2D eigenvalue weighted by atomic mass is 32.2. The van der Waals surface area contributed by atoms with E-state index in [4.69, 9.17) is 4.74 Å². The third-order valence-corrected chi connectivity index (χ3v) is 6.12. The molecule has 1 aliphatic rings. The first-order valence-corrected chi connectivity index (χ1v) is 9.28. The predicted octanol–water partition coefficient (Wildman–Crippen LogP) is 3.11. The first-order valence-electron chi connectivity index (χ1n) is 7.63. The molecule has 0 amide bonds. The van der Waals surface area contributed by atoms with Crippen molar-refractivity contribution in [3.63, 3.8) is 0 Å². The van der Waals surface area contributed by atoms with Gasteiger partial charge in [0.1, 0.15) is 6.61 Å². The third-order valence-electron chi connectivity index (χ3n) is 4.11. The van der Waals surface area contributed by atoms with Crippen LogP contribution in [0, 0.1) is 5.41 Å². The Morgan fingerprint density at radius 1 is 1.04 bits per heavy atom. The second kappa shape index (κ2) is 6.24. The predicted molar refractivity (Wildman–Crippen MR) is 92.0 cm³/mol. The minimum absolute atomic E-state index is 0.0660. The molecule has 0 radical (unpaired) electrons. The van der Waals surface area contributed by atoms with Gasteiger partial charge in [0, 0.05) is 11.0 Å². The van der Waals surface area contributed by atoms with Crippen LogP contribution in [0.2, 0.25) is 0 Å². The number of cyclic esters (lactones) is 1. The summed E-state index contributed by atoms with van der Waals surface area (Å²) in [6, 6.07) is 17.6. The number of esters is 1. The van der Waals surface area contributed by atoms with Crippen LogP contribution in [0.1, 0.15) is 12.5 Å². The van der Waals surface area contributed by atoms with Crippen LogP contribution in [0.5, 0.6) is 0 Å². The van der Waals surface area contributed by atoms with E-state index in [2.05, 4.69) is 0 Å². The Bertz CT molecular complexity index is 870. The molecule has 1 fully saturated rings. The number of sulfone groups is 1. The second-order valence-corrected chi connectivity index (χ2v) is 8.17. The normalized spacial score (nSPS) is 22.5. The molecule has 0 aromatic heterocycles. The summed E-state index contributed by atoms with van der Waals surface area (Å²) in [4.78, 5) is 12.4. The van der Waals surface area contributed by atoms with E-state index in [0.717, 1.165) is 5.56 Å². The molecule has 4 nitrogen and oxygen atoms in total. The van der Waals surface area contributed by atoms with Crippen LogP contribution in [0.3, 0.4) is 0 Å². The molecule has 2 aromatic rings. The summed E-state index contributed by atoms with van der Waals surface area (Å²) >= 11 is 0. The van der Waals surface area contributed by atoms with Crippen LogP contribution in [0.4, 0.5) is 0 Å². The molecule has 2 aromatic carbocycles. The SMILES string of the molecule is CC1(CS(=O)(=O)c2ccccc2)COC(=O)/C1=C/c1ccccc1. The standard InChI is InChI=1S/C19H18O4S/c1-19(14-24(21,22)16-10-6-3-7-11-16)13-23-18(20)17(19)12-15-8-4-2-5-9-15/h2-12H,13-14H2,1H3/b17-12-. The van der Waals surface area contributed by atoms with E-state index in [9.17, 15) is 13.2 Å². The summed E-state index contributed by atoms with van der Waals surface area (Å²) < 4.78 is 30.6. The molecule has 1 atom stereocenters. The minimum atomic E-state index is -3.52. The minimum Gasteiger partial charge on any atom is -0.461 e. The topological polar surface area (TPSA) is 60.4 Å². The van der Waals surface area contributed by atoms with Gasteiger partial charge in [-0.3, -0.25) is 0 Å². The lowest BCUT2D eigenvalue weighted by Crippen LogP contribution is -2.29. The zero-order valence-corrected chi connectivity index (χ0v) is 14.1. The van der Waals surface area contributed by atoms with Crippen LogP contribution in [0.15, 0.2) is 71.1 Å². The van der Waals surface area contributed by atoms with Gasteiger partial charge in [0.05, 0.1) is 10.6 Å². The Labute approximate surface area is 141 Å². The fourth-order valence-electron chi connectivity index (χ4n) is 2.83. The fourth-order valence-corrected chi connectivity index (χ4v) is 4.64. The van der Waals surface area contributed by atoms with Crippen molar-refractivity contribution in [1.29, 1.82) is 0 Å². The number of carbonyl (C=O) groups is 1. The van der Waals surface area contributed by atoms with Crippen LogP contribution < -0.4 is 0 Å². The van der Waals surface area contributed by atoms with E-state index in [1.165, 1.54) is 0 Å². The van der Waals surface area contributed by atoms with Gasteiger partial charge in [0.15, 0.2) is 9.84 Å². The molecule has 1 aliphatic heterocycles. The van der Waals surface area contributed by atoms with Gasteiger partial charge in [0.25, 0.3) is 0 Å². The average molecular weight is 342 g/mol. The van der Waals surface area contributed by atoms with Crippen LogP contribution in [-0.4, -0.2) is 26.7 Å². The summed E-state index contributed by atoms with van der Waals surface area (Å²) in [5, 5.41) is 0. The smallest absolute Gasteiger partial charge is 0.334 e. The first kappa shape index (κ1) is 16.5. The molecule has 0 aliphatic carbocycles. The number of hydrogen-bond donors (Lipinski definition) is 0. The summed E-state index contributed by atoms with van der Waals surface area (Å²) in [6.07, 6.45) is 1.72. The molecule has 0 spiro atoms. The van der Waals surface area contributed by atoms with Crippen molar-refractivity contribution in [2.24, 2.45) is 5.41 Å². The van der Waals surface area contributed by atoms with Crippen molar-refractivity contribution < 1.29 is 17.9 Å². The molecule has 1 unspecified atom stereocenters. The molecule has 1 saturated heterocycles. The fraction of sp³-hybridized carbons (Fsp3) is 0.211. The largest absolute Gasteiger partial charge is 0.461 e. The molecule has 24 heavy (non-hydrogen) atoms. The van der Waals surface area contributed by atoms with Crippen molar-refractivity contribution in [3.8, 4) is 0 Å². The Morgan fingerprint density at radius 3 is 2.25 bits per heavy atom. The van der Waals surface area contributed by atoms with E-state index in [0.29, 0.717) is 5.57 Å². The second-order valence-electron chi connectivity index (χ2n) is 6.18. The summed E-state index contributed by atoms with van der Waals surface area (Å²) in [7, 11) is -3.52. The lowest BCUT2D eigenvalue weighted by atomic mass is 9.86. The summed E-state index contributed by atoms with van der Waals surface area (Å²) in [5.41, 5.74) is 0.365. The highest BCUT2D eigenvalue weighted by Crippen LogP contribution is 2.38. The number of hydrogen-bond acceptors (Lipinski definition) is 4. The van der Waals surface area contributed by atoms with E-state index in [1.54, 1.807) is 43.3 Å². The maximum absolute atomic E-state index is 12.7. The summed E-state index contributed by atoms with van der Waals surface area (Å²) in [5.74, 6) is -0.626. The van der Waals surface area contributed by atoms with Crippen LogP contribution >= 0.6 is 0 Å². The zero-order valence-electron chi connectivity index (χ0n) is 13.3. The highest BCUT2D eigenvalue weighted by molar-refractivity contribution is 7.91. The Balaban J connectivity index is 1.96. The van der Waals surface area contributed by atoms with Gasteiger partial charge >= 0.3 is 5.97 Å². The van der Waals surface area contributed by atoms with Gasteiger partial charge in [-0.15, -0.1) is 0 Å². The van der Waals surface area contributed by atoms with Crippen LogP contribution in [-0.2, 0) is 19.4 Å². The quantitative estimate of drug-likeness (QED) is 0.633. The molecule has 3 rings (SSSR count). The van der Waals surface area contributed by atoms with Crippen molar-refractivity contribution in [3.05, 3.63) is 71.8 Å². The molecule has 124 valence electrons. The number of carbonyl (C=O) groups excluding carboxylic acids is 1. The monoisotopic (exact) mass is 342 g/mol. The first-order chi connectivity index (χ1) is 11.4. The Kier molecular flexibility index (Phi) is 4.28. The molecular weight excluding hydrogens is 324 g/mol. The van der Waals surface area contributed by atoms with Gasteiger partial charge in [-0.1, -0.05) is 55.5 Å². The van der Waals surface area contributed by atoms with Crippen LogP contribution in [0.25, 0.3) is 6.08 Å².